The number of benzene rings is 2. The number of rotatable bonds is 4. The van der Waals surface area contributed by atoms with E-state index in [1.807, 2.05) is 20.8 Å². The van der Waals surface area contributed by atoms with Crippen LogP contribution >= 0.6 is 0 Å². The Morgan fingerprint density at radius 3 is 2.00 bits per heavy atom. The highest BCUT2D eigenvalue weighted by Gasteiger charge is 2.56. The van der Waals surface area contributed by atoms with Crippen LogP contribution in [0.4, 0.5) is 4.79 Å². The molecule has 1 amide bonds. The molecular formula is C24H30N2O2. The van der Waals surface area contributed by atoms with Gasteiger partial charge in [-0.25, -0.2) is 4.79 Å². The third-order valence-electron chi connectivity index (χ3n) is 5.99. The molecule has 0 aromatic heterocycles. The number of carbonyl (C=O) groups excluding carboxylic acids is 1. The average molecular weight is 379 g/mol. The second-order valence-corrected chi connectivity index (χ2v) is 9.23. The lowest BCUT2D eigenvalue weighted by atomic mass is 9.59. The van der Waals surface area contributed by atoms with Gasteiger partial charge < -0.3 is 10.1 Å². The Morgan fingerprint density at radius 1 is 1.04 bits per heavy atom. The number of nitrogens with one attached hydrogen (secondary N) is 1. The van der Waals surface area contributed by atoms with Crippen LogP contribution in [0.1, 0.15) is 50.8 Å². The van der Waals surface area contributed by atoms with E-state index in [1.54, 1.807) is 0 Å². The molecule has 0 bridgehead atoms. The minimum absolute atomic E-state index is 0.193. The monoisotopic (exact) mass is 378 g/mol. The van der Waals surface area contributed by atoms with Gasteiger partial charge in [0.1, 0.15) is 5.60 Å². The van der Waals surface area contributed by atoms with Crippen LogP contribution < -0.4 is 5.32 Å². The molecule has 0 radical (unpaired) electrons. The maximum absolute atomic E-state index is 12.2. The summed E-state index contributed by atoms with van der Waals surface area (Å²) in [5.41, 5.74) is 2.37. The van der Waals surface area contributed by atoms with Gasteiger partial charge in [0.2, 0.25) is 0 Å². The molecule has 2 aliphatic rings. The molecule has 4 heteroatoms. The molecule has 1 atom stereocenters. The van der Waals surface area contributed by atoms with Gasteiger partial charge in [0.15, 0.2) is 0 Å². The van der Waals surface area contributed by atoms with E-state index in [0.29, 0.717) is 0 Å². The highest BCUT2D eigenvalue weighted by Crippen LogP contribution is 2.51. The summed E-state index contributed by atoms with van der Waals surface area (Å²) in [7, 11) is 0. The van der Waals surface area contributed by atoms with Gasteiger partial charge in [-0.2, -0.15) is 0 Å². The summed E-state index contributed by atoms with van der Waals surface area (Å²) in [5.74, 6) is 0. The van der Waals surface area contributed by atoms with Crippen molar-refractivity contribution < 1.29 is 9.53 Å². The standard InChI is InChI=1S/C24H30N2O2/c1-23(2,3)28-22(27)25-20-14-15-24(20)16-26(17-24)21(18-10-6-4-7-11-18)19-12-8-5-9-13-19/h4-13,20-21H,14-17H2,1-3H3,(H,25,27)/t20-/m1/s1. The number of nitrogens with zero attached hydrogens (tertiary/aromatic N) is 1. The second kappa shape index (κ2) is 7.25. The summed E-state index contributed by atoms with van der Waals surface area (Å²) in [6.07, 6.45) is 1.91. The molecule has 2 aromatic carbocycles. The number of ether oxygens (including phenoxy) is 1. The van der Waals surface area contributed by atoms with Crippen molar-refractivity contribution in [1.82, 2.24) is 10.2 Å². The molecule has 1 N–H and O–H groups in total. The molecule has 1 saturated carbocycles. The number of hydrogen-bond acceptors (Lipinski definition) is 3. The zero-order chi connectivity index (χ0) is 19.8. The molecule has 0 unspecified atom stereocenters. The van der Waals surface area contributed by atoms with Crippen LogP contribution in [0, 0.1) is 5.41 Å². The van der Waals surface area contributed by atoms with Gasteiger partial charge in [0.05, 0.1) is 6.04 Å². The molecule has 4 nitrogen and oxygen atoms in total. The number of likely N-dealkylation sites (tertiary alicyclic amines) is 1. The van der Waals surface area contributed by atoms with Crippen molar-refractivity contribution in [1.29, 1.82) is 0 Å². The van der Waals surface area contributed by atoms with Gasteiger partial charge in [-0.05, 0) is 44.7 Å². The second-order valence-electron chi connectivity index (χ2n) is 9.23. The van der Waals surface area contributed by atoms with Gasteiger partial charge in [-0.1, -0.05) is 60.7 Å². The number of hydrogen-bond donors (Lipinski definition) is 1. The highest BCUT2D eigenvalue weighted by molar-refractivity contribution is 5.68. The molecule has 1 saturated heterocycles. The zero-order valence-electron chi connectivity index (χ0n) is 17.0. The Morgan fingerprint density at radius 2 is 1.57 bits per heavy atom. The van der Waals surface area contributed by atoms with E-state index in [2.05, 4.69) is 70.9 Å². The molecule has 4 rings (SSSR count). The van der Waals surface area contributed by atoms with Crippen molar-refractivity contribution in [2.24, 2.45) is 5.41 Å². The third kappa shape index (κ3) is 3.79. The van der Waals surface area contributed by atoms with Crippen LogP contribution in [0.2, 0.25) is 0 Å². The fourth-order valence-corrected chi connectivity index (χ4v) is 4.58. The fourth-order valence-electron chi connectivity index (χ4n) is 4.58. The molecule has 2 aromatic rings. The Hall–Kier alpha value is -2.33. The topological polar surface area (TPSA) is 41.6 Å². The quantitative estimate of drug-likeness (QED) is 0.834. The van der Waals surface area contributed by atoms with Gasteiger partial charge in [0, 0.05) is 24.5 Å². The lowest BCUT2D eigenvalue weighted by Crippen LogP contribution is -2.71. The molecule has 1 spiro atoms. The predicted molar refractivity (Wildman–Crippen MR) is 111 cm³/mol. The Kier molecular flexibility index (Phi) is 4.92. The lowest BCUT2D eigenvalue weighted by Gasteiger charge is -2.62. The third-order valence-corrected chi connectivity index (χ3v) is 5.99. The summed E-state index contributed by atoms with van der Waals surface area (Å²) in [6, 6.07) is 21.9. The highest BCUT2D eigenvalue weighted by atomic mass is 16.6. The molecule has 2 fully saturated rings. The average Bonchev–Trinajstić information content (AvgIpc) is 2.61. The van der Waals surface area contributed by atoms with E-state index in [0.717, 1.165) is 19.5 Å². The maximum Gasteiger partial charge on any atom is 0.407 e. The van der Waals surface area contributed by atoms with Crippen molar-refractivity contribution in [3.8, 4) is 0 Å². The first-order chi connectivity index (χ1) is 13.4. The zero-order valence-corrected chi connectivity index (χ0v) is 17.0. The van der Waals surface area contributed by atoms with Gasteiger partial charge in [0.25, 0.3) is 0 Å². The van der Waals surface area contributed by atoms with Crippen LogP contribution in [0.3, 0.4) is 0 Å². The van der Waals surface area contributed by atoms with Gasteiger partial charge in [-0.3, -0.25) is 4.90 Å². The predicted octanol–water partition coefficient (Wildman–Crippen LogP) is 4.77. The van der Waals surface area contributed by atoms with E-state index in [9.17, 15) is 4.79 Å². The molecule has 28 heavy (non-hydrogen) atoms. The van der Waals surface area contributed by atoms with Gasteiger partial charge in [-0.15, -0.1) is 0 Å². The first-order valence-corrected chi connectivity index (χ1v) is 10.2. The summed E-state index contributed by atoms with van der Waals surface area (Å²) in [5, 5.41) is 3.12. The van der Waals surface area contributed by atoms with E-state index < -0.39 is 5.60 Å². The minimum atomic E-state index is -0.460. The lowest BCUT2D eigenvalue weighted by molar-refractivity contribution is -0.103. The van der Waals surface area contributed by atoms with Crippen LogP contribution in [-0.4, -0.2) is 35.7 Å². The van der Waals surface area contributed by atoms with Crippen LogP contribution in [-0.2, 0) is 4.74 Å². The molecule has 148 valence electrons. The Balaban J connectivity index is 1.45. The van der Waals surface area contributed by atoms with E-state index >= 15 is 0 Å². The summed E-state index contributed by atoms with van der Waals surface area (Å²) < 4.78 is 5.46. The summed E-state index contributed by atoms with van der Waals surface area (Å²) >= 11 is 0. The summed E-state index contributed by atoms with van der Waals surface area (Å²) in [6.45, 7) is 7.71. The molecule has 1 aliphatic heterocycles. The Labute approximate surface area is 167 Å². The van der Waals surface area contributed by atoms with Crippen molar-refractivity contribution >= 4 is 6.09 Å². The van der Waals surface area contributed by atoms with Crippen molar-refractivity contribution in [2.75, 3.05) is 13.1 Å². The normalized spacial score (nSPS) is 21.1. The smallest absolute Gasteiger partial charge is 0.407 e. The molecule has 1 heterocycles. The summed E-state index contributed by atoms with van der Waals surface area (Å²) in [4.78, 5) is 14.7. The van der Waals surface area contributed by atoms with E-state index in [4.69, 9.17) is 4.74 Å². The molecular weight excluding hydrogens is 348 g/mol. The minimum Gasteiger partial charge on any atom is -0.444 e. The van der Waals surface area contributed by atoms with Crippen molar-refractivity contribution in [2.45, 2.75) is 51.3 Å². The maximum atomic E-state index is 12.2. The Bertz CT molecular complexity index is 768. The van der Waals surface area contributed by atoms with Crippen LogP contribution in [0.25, 0.3) is 0 Å². The largest absolute Gasteiger partial charge is 0.444 e. The number of carbonyl (C=O) groups is 1. The van der Waals surface area contributed by atoms with E-state index in [-0.39, 0.29) is 23.6 Å². The van der Waals surface area contributed by atoms with Crippen molar-refractivity contribution in [3.05, 3.63) is 71.8 Å². The molecule has 1 aliphatic carbocycles. The number of alkyl carbamates (subject to hydrolysis) is 1. The fraction of sp³-hybridized carbons (Fsp3) is 0.458. The first kappa shape index (κ1) is 19.0. The van der Waals surface area contributed by atoms with Gasteiger partial charge >= 0.3 is 6.09 Å². The first-order valence-electron chi connectivity index (χ1n) is 10.2. The SMILES string of the molecule is CC(C)(C)OC(=O)N[C@@H]1CCC12CN(C(c1ccccc1)c1ccccc1)C2. The van der Waals surface area contributed by atoms with Crippen LogP contribution in [0.5, 0.6) is 0 Å². The number of amides is 1. The van der Waals surface area contributed by atoms with Crippen LogP contribution in [0.15, 0.2) is 60.7 Å². The van der Waals surface area contributed by atoms with Crippen molar-refractivity contribution in [3.63, 3.8) is 0 Å². The van der Waals surface area contributed by atoms with E-state index in [1.165, 1.54) is 17.5 Å².